The van der Waals surface area contributed by atoms with Gasteiger partial charge in [0.05, 0.1) is 27.8 Å². The van der Waals surface area contributed by atoms with Crippen molar-refractivity contribution in [2.24, 2.45) is 0 Å². The summed E-state index contributed by atoms with van der Waals surface area (Å²) in [4.78, 5) is 53.7. The van der Waals surface area contributed by atoms with Crippen LogP contribution >= 0.6 is 0 Å². The van der Waals surface area contributed by atoms with Gasteiger partial charge in [0.2, 0.25) is 0 Å². The third-order valence-electron chi connectivity index (χ3n) is 8.60. The smallest absolute Gasteiger partial charge is 0.261 e. The van der Waals surface area contributed by atoms with Gasteiger partial charge in [-0.05, 0) is 87.3 Å². The van der Waals surface area contributed by atoms with E-state index < -0.39 is 6.10 Å². The Morgan fingerprint density at radius 3 is 2.50 bits per heavy atom. The number of aliphatic hydroxyl groups is 1. The number of aromatic amines is 2. The molecule has 1 atom stereocenters. The van der Waals surface area contributed by atoms with Gasteiger partial charge in [0, 0.05) is 18.8 Å². The number of fused-ring (bicyclic) bond motifs is 2. The number of aromatic nitrogens is 3. The van der Waals surface area contributed by atoms with Gasteiger partial charge in [-0.1, -0.05) is 19.9 Å². The van der Waals surface area contributed by atoms with Crippen molar-refractivity contribution in [3.63, 3.8) is 0 Å². The van der Waals surface area contributed by atoms with E-state index in [0.717, 1.165) is 31.5 Å². The Balaban J connectivity index is 1.17. The van der Waals surface area contributed by atoms with E-state index in [2.05, 4.69) is 39.0 Å². The Morgan fingerprint density at radius 2 is 1.80 bits per heavy atom. The zero-order valence-corrected chi connectivity index (χ0v) is 25.4. The molecule has 44 heavy (non-hydrogen) atoms. The van der Waals surface area contributed by atoms with E-state index in [-0.39, 0.29) is 48.0 Å². The molecule has 2 amide bonds. The van der Waals surface area contributed by atoms with Crippen LogP contribution in [0.3, 0.4) is 0 Å². The molecule has 2 aliphatic heterocycles. The monoisotopic (exact) mass is 598 g/mol. The predicted octanol–water partition coefficient (Wildman–Crippen LogP) is 3.89. The Bertz CT molecular complexity index is 1730. The number of anilines is 1. The molecule has 2 aliphatic rings. The molecule has 2 aromatic carbocycles. The minimum atomic E-state index is -0.851. The molecule has 0 aliphatic carbocycles. The second-order valence-corrected chi connectivity index (χ2v) is 12.1. The van der Waals surface area contributed by atoms with Crippen LogP contribution in [0, 0.1) is 6.92 Å². The number of aliphatic hydroxyl groups excluding tert-OH is 1. The van der Waals surface area contributed by atoms with Crippen molar-refractivity contribution in [1.82, 2.24) is 24.8 Å². The lowest BCUT2D eigenvalue weighted by atomic mass is 9.98. The van der Waals surface area contributed by atoms with E-state index in [0.29, 0.717) is 39.5 Å². The number of nitrogens with zero attached hydrogens (tertiary/aromatic N) is 3. The number of rotatable bonds is 9. The molecule has 4 aromatic rings. The van der Waals surface area contributed by atoms with Crippen LogP contribution in [0.15, 0.2) is 47.4 Å². The van der Waals surface area contributed by atoms with Crippen molar-refractivity contribution < 1.29 is 19.4 Å². The maximum atomic E-state index is 13.3. The van der Waals surface area contributed by atoms with E-state index >= 15 is 0 Å². The highest BCUT2D eigenvalue weighted by atomic mass is 16.5. The molecule has 11 heteroatoms. The van der Waals surface area contributed by atoms with Crippen molar-refractivity contribution in [2.45, 2.75) is 51.7 Å². The number of piperidine rings is 1. The third kappa shape index (κ3) is 5.60. The third-order valence-corrected chi connectivity index (χ3v) is 8.60. The summed E-state index contributed by atoms with van der Waals surface area (Å²) in [5.74, 6) is 0.793. The number of aryl methyl sites for hydroxylation is 1. The number of hydrogen-bond donors (Lipinski definition) is 4. The quantitative estimate of drug-likeness (QED) is 0.213. The number of hydrogen-bond acceptors (Lipinski definition) is 8. The van der Waals surface area contributed by atoms with Crippen LogP contribution in [0.1, 0.15) is 64.4 Å². The first-order chi connectivity index (χ1) is 21.1. The molecule has 1 saturated heterocycles. The molecule has 0 radical (unpaired) electrons. The lowest BCUT2D eigenvalue weighted by Crippen LogP contribution is -2.46. The molecule has 2 aromatic heterocycles. The highest BCUT2D eigenvalue weighted by Gasteiger charge is 2.41. The summed E-state index contributed by atoms with van der Waals surface area (Å²) < 4.78 is 5.82. The number of nitrogens with one attached hydrogen (secondary N) is 3. The van der Waals surface area contributed by atoms with Gasteiger partial charge in [-0.25, -0.2) is 4.98 Å². The van der Waals surface area contributed by atoms with Crippen LogP contribution in [0.4, 0.5) is 5.69 Å². The molecule has 0 bridgehead atoms. The maximum absolute atomic E-state index is 13.3. The van der Waals surface area contributed by atoms with Crippen LogP contribution in [0.2, 0.25) is 0 Å². The summed E-state index contributed by atoms with van der Waals surface area (Å²) in [6.07, 6.45) is 2.17. The topological polar surface area (TPSA) is 144 Å². The number of carbonyl (C=O) groups is 2. The minimum Gasteiger partial charge on any atom is -0.491 e. The predicted molar refractivity (Wildman–Crippen MR) is 168 cm³/mol. The number of amides is 2. The SMILES string of the molecule is Cc1cc(OCC(O)CNc2cc[nH]c(=O)c2-c2nc3cc4c(cc3[nH]2)C(=O)N(C2CCN(C)CC2)C4=O)ccc1C(C)C. The molecule has 1 unspecified atom stereocenters. The van der Waals surface area contributed by atoms with Crippen molar-refractivity contribution >= 4 is 28.5 Å². The molecule has 1 fully saturated rings. The van der Waals surface area contributed by atoms with E-state index in [1.807, 2.05) is 32.2 Å². The number of imidazole rings is 1. The van der Waals surface area contributed by atoms with Crippen LogP contribution in [-0.4, -0.2) is 87.1 Å². The van der Waals surface area contributed by atoms with E-state index in [4.69, 9.17) is 4.74 Å². The van der Waals surface area contributed by atoms with Crippen LogP contribution in [-0.2, 0) is 0 Å². The van der Waals surface area contributed by atoms with Gasteiger partial charge >= 0.3 is 0 Å². The largest absolute Gasteiger partial charge is 0.491 e. The fraction of sp³-hybridized carbons (Fsp3) is 0.394. The Hall–Kier alpha value is -4.48. The number of ether oxygens (including phenoxy) is 1. The average Bonchev–Trinajstić information content (AvgIpc) is 3.51. The molecule has 0 spiro atoms. The molecule has 4 heterocycles. The number of likely N-dealkylation sites (tertiary alicyclic amines) is 1. The second-order valence-electron chi connectivity index (χ2n) is 12.1. The van der Waals surface area contributed by atoms with Gasteiger partial charge in [0.25, 0.3) is 17.4 Å². The Kier molecular flexibility index (Phi) is 8.00. The van der Waals surface area contributed by atoms with E-state index in [9.17, 15) is 19.5 Å². The maximum Gasteiger partial charge on any atom is 0.261 e. The molecular formula is C33H38N6O5. The first-order valence-corrected chi connectivity index (χ1v) is 15.1. The van der Waals surface area contributed by atoms with Gasteiger partial charge < -0.3 is 30.0 Å². The highest BCUT2D eigenvalue weighted by molar-refractivity contribution is 6.23. The molecule has 6 rings (SSSR count). The second kappa shape index (κ2) is 11.9. The van der Waals surface area contributed by atoms with Gasteiger partial charge in [-0.3, -0.25) is 19.3 Å². The summed E-state index contributed by atoms with van der Waals surface area (Å²) in [6.45, 7) is 8.20. The number of benzene rings is 2. The molecular weight excluding hydrogens is 560 g/mol. The van der Waals surface area contributed by atoms with Gasteiger partial charge in [-0.2, -0.15) is 0 Å². The molecule has 11 nitrogen and oxygen atoms in total. The van der Waals surface area contributed by atoms with Gasteiger partial charge in [0.15, 0.2) is 0 Å². The fourth-order valence-corrected chi connectivity index (χ4v) is 6.19. The fourth-order valence-electron chi connectivity index (χ4n) is 6.19. The van der Waals surface area contributed by atoms with Crippen LogP contribution in [0.5, 0.6) is 5.75 Å². The summed E-state index contributed by atoms with van der Waals surface area (Å²) in [5.41, 5.74) is 4.43. The van der Waals surface area contributed by atoms with Gasteiger partial charge in [0.1, 0.15) is 29.8 Å². The summed E-state index contributed by atoms with van der Waals surface area (Å²) in [7, 11) is 2.04. The minimum absolute atomic E-state index is 0.0683. The molecule has 0 saturated carbocycles. The van der Waals surface area contributed by atoms with E-state index in [1.54, 1.807) is 18.2 Å². The average molecular weight is 599 g/mol. The van der Waals surface area contributed by atoms with Crippen LogP contribution < -0.4 is 15.6 Å². The van der Waals surface area contributed by atoms with Crippen molar-refractivity contribution in [2.75, 3.05) is 38.6 Å². The first-order valence-electron chi connectivity index (χ1n) is 15.1. The lowest BCUT2D eigenvalue weighted by molar-refractivity contribution is 0.0516. The summed E-state index contributed by atoms with van der Waals surface area (Å²) in [5, 5.41) is 13.8. The number of carbonyl (C=O) groups excluding carboxylic acids is 2. The number of H-pyrrole nitrogens is 2. The Morgan fingerprint density at radius 1 is 1.07 bits per heavy atom. The number of imide groups is 1. The zero-order valence-electron chi connectivity index (χ0n) is 25.4. The summed E-state index contributed by atoms with van der Waals surface area (Å²) in [6, 6.07) is 10.8. The summed E-state index contributed by atoms with van der Waals surface area (Å²) >= 11 is 0. The van der Waals surface area contributed by atoms with Crippen molar-refractivity contribution in [3.05, 3.63) is 75.2 Å². The van der Waals surface area contributed by atoms with Crippen molar-refractivity contribution in [1.29, 1.82) is 0 Å². The van der Waals surface area contributed by atoms with Gasteiger partial charge in [-0.15, -0.1) is 0 Å². The van der Waals surface area contributed by atoms with Crippen LogP contribution in [0.25, 0.3) is 22.4 Å². The zero-order chi connectivity index (χ0) is 31.1. The first kappa shape index (κ1) is 29.6. The van der Waals surface area contributed by atoms with E-state index in [1.165, 1.54) is 16.7 Å². The normalized spacial score (nSPS) is 16.6. The molecule has 4 N–H and O–H groups in total. The molecule has 230 valence electrons. The number of pyridine rings is 1. The Labute approximate surface area is 255 Å². The highest BCUT2D eigenvalue weighted by Crippen LogP contribution is 2.33. The standard InChI is InChI=1S/C33H38N6O5/c1-18(2)23-6-5-22(13-19(23)3)44-17-21(40)16-35-26-7-10-34-31(41)29(26)30-36-27-14-24-25(15-28(27)37-30)33(43)39(32(24)42)20-8-11-38(4)12-9-20/h5-7,10,13-15,18,20-21,40H,8-9,11-12,16-17H2,1-4H3,(H,36,37)(H2,34,35,41). The van der Waals surface area contributed by atoms with Crippen molar-refractivity contribution in [3.8, 4) is 17.1 Å². The lowest BCUT2D eigenvalue weighted by Gasteiger charge is -2.33.